The minimum Gasteiger partial charge on any atom is -0.481 e. The molecule has 1 atom stereocenters. The van der Waals surface area contributed by atoms with E-state index in [0.717, 1.165) is 35.0 Å². The molecule has 0 bridgehead atoms. The Bertz CT molecular complexity index is 513. The smallest absolute Gasteiger partial charge is 0.303 e. The van der Waals surface area contributed by atoms with Crippen molar-refractivity contribution < 1.29 is 14.7 Å². The topological polar surface area (TPSA) is 70.5 Å². The summed E-state index contributed by atoms with van der Waals surface area (Å²) in [7, 11) is 0. The lowest BCUT2D eigenvalue weighted by Gasteiger charge is -2.32. The first-order valence-electron chi connectivity index (χ1n) is 6.92. The molecule has 0 aromatic carbocycles. The number of amides is 1. The molecule has 1 aliphatic heterocycles. The van der Waals surface area contributed by atoms with E-state index in [1.54, 1.807) is 0 Å². The van der Waals surface area contributed by atoms with E-state index >= 15 is 0 Å². The summed E-state index contributed by atoms with van der Waals surface area (Å²) in [6.45, 7) is 5.20. The zero-order valence-electron chi connectivity index (χ0n) is 11.9. The number of aliphatic carboxylic acids is 1. The highest BCUT2D eigenvalue weighted by Gasteiger charge is 2.26. The van der Waals surface area contributed by atoms with Gasteiger partial charge in [0.2, 0.25) is 0 Å². The summed E-state index contributed by atoms with van der Waals surface area (Å²) in [6.07, 6.45) is 2.80. The summed E-state index contributed by atoms with van der Waals surface area (Å²) in [6, 6.07) is 0. The van der Waals surface area contributed by atoms with Crippen LogP contribution in [0.4, 0.5) is 0 Å². The third kappa shape index (κ3) is 3.56. The highest BCUT2D eigenvalue weighted by atomic mass is 32.1. The molecule has 1 unspecified atom stereocenters. The number of nitrogens with zero attached hydrogens (tertiary/aromatic N) is 2. The molecule has 1 N–H and O–H groups in total. The standard InChI is InChI=1S/C14H20N2O3S/c1-9-13(20-10(2)15-9)14(19)16-7-3-4-11(8-16)5-6-12(17)18/h11H,3-8H2,1-2H3,(H,17,18). The summed E-state index contributed by atoms with van der Waals surface area (Å²) in [5.41, 5.74) is 0.796. The molecule has 1 fully saturated rings. The lowest BCUT2D eigenvalue weighted by atomic mass is 9.93. The van der Waals surface area contributed by atoms with Gasteiger partial charge < -0.3 is 10.0 Å². The highest BCUT2D eigenvalue weighted by molar-refractivity contribution is 7.13. The van der Waals surface area contributed by atoms with Crippen molar-refractivity contribution in [3.63, 3.8) is 0 Å². The Kier molecular flexibility index (Phi) is 4.75. The van der Waals surface area contributed by atoms with Gasteiger partial charge in [0, 0.05) is 19.5 Å². The molecule has 1 aliphatic rings. The molecule has 2 heterocycles. The van der Waals surface area contributed by atoms with Crippen LogP contribution in [0.5, 0.6) is 0 Å². The van der Waals surface area contributed by atoms with Gasteiger partial charge in [-0.25, -0.2) is 4.98 Å². The van der Waals surface area contributed by atoms with E-state index in [1.807, 2.05) is 18.7 Å². The largest absolute Gasteiger partial charge is 0.481 e. The number of carbonyl (C=O) groups excluding carboxylic acids is 1. The van der Waals surface area contributed by atoms with Crippen LogP contribution in [0.3, 0.4) is 0 Å². The van der Waals surface area contributed by atoms with Crippen LogP contribution < -0.4 is 0 Å². The van der Waals surface area contributed by atoms with Crippen LogP contribution in [0.2, 0.25) is 0 Å². The number of carboxylic acid groups (broad SMARTS) is 1. The monoisotopic (exact) mass is 296 g/mol. The SMILES string of the molecule is Cc1nc(C)c(C(=O)N2CCCC(CCC(=O)O)C2)s1. The van der Waals surface area contributed by atoms with Gasteiger partial charge in [-0.1, -0.05) is 0 Å². The number of carboxylic acids is 1. The lowest BCUT2D eigenvalue weighted by Crippen LogP contribution is -2.40. The number of thiazole rings is 1. The molecule has 6 heteroatoms. The van der Waals surface area contributed by atoms with Gasteiger partial charge >= 0.3 is 5.97 Å². The molecule has 2 rings (SSSR count). The molecule has 110 valence electrons. The molecule has 5 nitrogen and oxygen atoms in total. The molecule has 1 aromatic rings. The Morgan fingerprint density at radius 2 is 2.20 bits per heavy atom. The highest BCUT2D eigenvalue weighted by Crippen LogP contribution is 2.25. The molecular formula is C14H20N2O3S. The maximum atomic E-state index is 12.5. The fraction of sp³-hybridized carbons (Fsp3) is 0.643. The first-order valence-corrected chi connectivity index (χ1v) is 7.74. The second kappa shape index (κ2) is 6.35. The number of hydrogen-bond acceptors (Lipinski definition) is 4. The number of aryl methyl sites for hydroxylation is 2. The lowest BCUT2D eigenvalue weighted by molar-refractivity contribution is -0.137. The fourth-order valence-corrected chi connectivity index (χ4v) is 3.57. The van der Waals surface area contributed by atoms with Crippen molar-refractivity contribution in [2.45, 2.75) is 39.5 Å². The van der Waals surface area contributed by atoms with Crippen molar-refractivity contribution in [2.24, 2.45) is 5.92 Å². The number of rotatable bonds is 4. The molecule has 0 aliphatic carbocycles. The third-order valence-corrected chi connectivity index (χ3v) is 4.73. The molecular weight excluding hydrogens is 276 g/mol. The fourth-order valence-electron chi connectivity index (χ4n) is 2.69. The summed E-state index contributed by atoms with van der Waals surface area (Å²) in [5, 5.41) is 9.66. The van der Waals surface area contributed by atoms with E-state index in [0.29, 0.717) is 18.9 Å². The van der Waals surface area contributed by atoms with Crippen molar-refractivity contribution in [3.8, 4) is 0 Å². The van der Waals surface area contributed by atoms with E-state index < -0.39 is 5.97 Å². The predicted molar refractivity (Wildman–Crippen MR) is 77.1 cm³/mol. The van der Waals surface area contributed by atoms with Crippen LogP contribution in [0, 0.1) is 19.8 Å². The van der Waals surface area contributed by atoms with E-state index in [9.17, 15) is 9.59 Å². The van der Waals surface area contributed by atoms with E-state index in [-0.39, 0.29) is 12.3 Å². The summed E-state index contributed by atoms with van der Waals surface area (Å²) in [5.74, 6) is -0.409. The summed E-state index contributed by atoms with van der Waals surface area (Å²) in [4.78, 5) is 30.0. The number of hydrogen-bond donors (Lipinski definition) is 1. The van der Waals surface area contributed by atoms with Crippen LogP contribution in [0.15, 0.2) is 0 Å². The number of piperidine rings is 1. The van der Waals surface area contributed by atoms with Gasteiger partial charge in [0.25, 0.3) is 5.91 Å². The van der Waals surface area contributed by atoms with Crippen molar-refractivity contribution in [1.29, 1.82) is 0 Å². The van der Waals surface area contributed by atoms with Gasteiger partial charge in [-0.2, -0.15) is 0 Å². The Balaban J connectivity index is 1.99. The van der Waals surface area contributed by atoms with Crippen molar-refractivity contribution >= 4 is 23.2 Å². The van der Waals surface area contributed by atoms with Crippen LogP contribution >= 0.6 is 11.3 Å². The molecule has 1 amide bonds. The summed E-state index contributed by atoms with van der Waals surface area (Å²) < 4.78 is 0. The van der Waals surface area contributed by atoms with Gasteiger partial charge in [0.1, 0.15) is 4.88 Å². The molecule has 1 aromatic heterocycles. The quantitative estimate of drug-likeness (QED) is 0.926. The zero-order chi connectivity index (χ0) is 14.7. The molecule has 20 heavy (non-hydrogen) atoms. The second-order valence-corrected chi connectivity index (χ2v) is 6.54. The van der Waals surface area contributed by atoms with Gasteiger partial charge in [-0.05, 0) is 39.0 Å². The second-order valence-electron chi connectivity index (χ2n) is 5.34. The number of carbonyl (C=O) groups is 2. The molecule has 0 spiro atoms. The average molecular weight is 296 g/mol. The van der Waals surface area contributed by atoms with Gasteiger partial charge in [0.15, 0.2) is 0 Å². The van der Waals surface area contributed by atoms with Crippen molar-refractivity contribution in [1.82, 2.24) is 9.88 Å². The maximum absolute atomic E-state index is 12.5. The van der Waals surface area contributed by atoms with Crippen molar-refractivity contribution in [2.75, 3.05) is 13.1 Å². The minimum absolute atomic E-state index is 0.0492. The maximum Gasteiger partial charge on any atom is 0.303 e. The van der Waals surface area contributed by atoms with E-state index in [1.165, 1.54) is 11.3 Å². The third-order valence-electron chi connectivity index (χ3n) is 3.67. The Labute approximate surface area is 122 Å². The molecule has 1 saturated heterocycles. The van der Waals surface area contributed by atoms with Gasteiger partial charge in [0.05, 0.1) is 10.7 Å². The predicted octanol–water partition coefficient (Wildman–Crippen LogP) is 2.48. The van der Waals surface area contributed by atoms with Crippen LogP contribution in [-0.4, -0.2) is 40.0 Å². The molecule has 0 radical (unpaired) electrons. The van der Waals surface area contributed by atoms with E-state index in [2.05, 4.69) is 4.98 Å². The normalized spacial score (nSPS) is 19.1. The molecule has 0 saturated carbocycles. The minimum atomic E-state index is -0.762. The average Bonchev–Trinajstić information content (AvgIpc) is 2.75. The number of aromatic nitrogens is 1. The Morgan fingerprint density at radius 1 is 1.45 bits per heavy atom. The Hall–Kier alpha value is -1.43. The van der Waals surface area contributed by atoms with Crippen LogP contribution in [0.1, 0.15) is 46.1 Å². The van der Waals surface area contributed by atoms with Gasteiger partial charge in [-0.15, -0.1) is 11.3 Å². The van der Waals surface area contributed by atoms with Gasteiger partial charge in [-0.3, -0.25) is 9.59 Å². The van der Waals surface area contributed by atoms with Crippen molar-refractivity contribution in [3.05, 3.63) is 15.6 Å². The zero-order valence-corrected chi connectivity index (χ0v) is 12.7. The van der Waals surface area contributed by atoms with Crippen LogP contribution in [-0.2, 0) is 4.79 Å². The Morgan fingerprint density at radius 3 is 2.80 bits per heavy atom. The first-order chi connectivity index (χ1) is 9.47. The number of likely N-dealkylation sites (tertiary alicyclic amines) is 1. The van der Waals surface area contributed by atoms with Crippen LogP contribution in [0.25, 0.3) is 0 Å². The van der Waals surface area contributed by atoms with E-state index in [4.69, 9.17) is 5.11 Å². The summed E-state index contributed by atoms with van der Waals surface area (Å²) >= 11 is 1.44. The first kappa shape index (κ1) is 15.0.